The molecule has 3 nitrogen and oxygen atoms in total. The van der Waals surface area contributed by atoms with Gasteiger partial charge in [-0.25, -0.2) is 0 Å². The first-order chi connectivity index (χ1) is 12.2. The highest BCUT2D eigenvalue weighted by molar-refractivity contribution is 7.13. The first-order valence-electron chi connectivity index (χ1n) is 7.79. The average Bonchev–Trinajstić information content (AvgIpc) is 3.20. The standard InChI is InChI=1S/C21H18O3S/c1-23-19-12-6-15(14-20(19)24-2)5-11-18(22)16-7-9-17(10-8-16)21-4-3-13-25-21/h3-14H,1-2H3. The van der Waals surface area contributed by atoms with Crippen LogP contribution in [0.2, 0.25) is 0 Å². The van der Waals surface area contributed by atoms with E-state index in [1.165, 1.54) is 4.88 Å². The number of ether oxygens (including phenoxy) is 2. The van der Waals surface area contributed by atoms with Gasteiger partial charge in [0.1, 0.15) is 0 Å². The van der Waals surface area contributed by atoms with Gasteiger partial charge in [-0.15, -0.1) is 11.3 Å². The van der Waals surface area contributed by atoms with Crippen molar-refractivity contribution in [2.75, 3.05) is 14.2 Å². The summed E-state index contributed by atoms with van der Waals surface area (Å²) in [6.45, 7) is 0. The van der Waals surface area contributed by atoms with Gasteiger partial charge in [0.15, 0.2) is 17.3 Å². The van der Waals surface area contributed by atoms with E-state index in [1.807, 2.05) is 53.9 Å². The third kappa shape index (κ3) is 3.98. The Morgan fingerprint density at radius 3 is 2.36 bits per heavy atom. The van der Waals surface area contributed by atoms with Crippen molar-refractivity contribution in [2.24, 2.45) is 0 Å². The smallest absolute Gasteiger partial charge is 0.185 e. The molecule has 0 aliphatic rings. The van der Waals surface area contributed by atoms with Gasteiger partial charge in [-0.3, -0.25) is 4.79 Å². The molecule has 1 aromatic heterocycles. The van der Waals surface area contributed by atoms with E-state index >= 15 is 0 Å². The van der Waals surface area contributed by atoms with E-state index in [2.05, 4.69) is 6.07 Å². The summed E-state index contributed by atoms with van der Waals surface area (Å²) < 4.78 is 10.5. The minimum Gasteiger partial charge on any atom is -0.493 e. The van der Waals surface area contributed by atoms with Crippen LogP contribution in [0.25, 0.3) is 16.5 Å². The van der Waals surface area contributed by atoms with Crippen LogP contribution in [0.15, 0.2) is 66.1 Å². The highest BCUT2D eigenvalue weighted by Gasteiger charge is 2.05. The Balaban J connectivity index is 1.74. The molecule has 0 aliphatic heterocycles. The summed E-state index contributed by atoms with van der Waals surface area (Å²) in [5, 5.41) is 2.04. The Labute approximate surface area is 151 Å². The highest BCUT2D eigenvalue weighted by atomic mass is 32.1. The zero-order valence-electron chi connectivity index (χ0n) is 14.1. The quantitative estimate of drug-likeness (QED) is 0.445. The number of rotatable bonds is 6. The summed E-state index contributed by atoms with van der Waals surface area (Å²) in [6.07, 6.45) is 3.35. The van der Waals surface area contributed by atoms with E-state index in [-0.39, 0.29) is 5.78 Å². The Hall–Kier alpha value is -2.85. The molecule has 0 unspecified atom stereocenters. The van der Waals surface area contributed by atoms with Crippen molar-refractivity contribution in [1.82, 2.24) is 0 Å². The average molecular weight is 350 g/mol. The molecule has 126 valence electrons. The number of thiophene rings is 1. The van der Waals surface area contributed by atoms with Gasteiger partial charge in [-0.2, -0.15) is 0 Å². The predicted octanol–water partition coefficient (Wildman–Crippen LogP) is 5.33. The second-order valence-electron chi connectivity index (χ2n) is 5.37. The molecule has 0 radical (unpaired) electrons. The maximum atomic E-state index is 12.4. The number of benzene rings is 2. The lowest BCUT2D eigenvalue weighted by Gasteiger charge is -2.07. The fourth-order valence-electron chi connectivity index (χ4n) is 2.47. The first-order valence-corrected chi connectivity index (χ1v) is 8.67. The topological polar surface area (TPSA) is 35.5 Å². The molecule has 3 aromatic rings. The Bertz CT molecular complexity index is 878. The monoisotopic (exact) mass is 350 g/mol. The largest absolute Gasteiger partial charge is 0.493 e. The van der Waals surface area contributed by atoms with Crippen molar-refractivity contribution in [3.63, 3.8) is 0 Å². The van der Waals surface area contributed by atoms with Crippen LogP contribution >= 0.6 is 11.3 Å². The lowest BCUT2D eigenvalue weighted by atomic mass is 10.1. The summed E-state index contributed by atoms with van der Waals surface area (Å²) in [5.74, 6) is 1.26. The van der Waals surface area contributed by atoms with Crippen molar-refractivity contribution < 1.29 is 14.3 Å². The van der Waals surface area contributed by atoms with E-state index < -0.39 is 0 Å². The number of carbonyl (C=O) groups excluding carboxylic acids is 1. The zero-order chi connectivity index (χ0) is 17.6. The number of hydrogen-bond acceptors (Lipinski definition) is 4. The van der Waals surface area contributed by atoms with Crippen molar-refractivity contribution in [3.8, 4) is 21.9 Å². The van der Waals surface area contributed by atoms with E-state index in [0.717, 1.165) is 11.1 Å². The molecule has 4 heteroatoms. The second kappa shape index (κ2) is 7.81. The molecule has 0 N–H and O–H groups in total. The number of hydrogen-bond donors (Lipinski definition) is 0. The molecule has 0 bridgehead atoms. The fourth-order valence-corrected chi connectivity index (χ4v) is 3.20. The molecule has 1 heterocycles. The third-order valence-electron chi connectivity index (χ3n) is 3.81. The van der Waals surface area contributed by atoms with Crippen LogP contribution in [0.4, 0.5) is 0 Å². The molecule has 25 heavy (non-hydrogen) atoms. The minimum absolute atomic E-state index is 0.0347. The summed E-state index contributed by atoms with van der Waals surface area (Å²) in [5.41, 5.74) is 2.66. The molecule has 0 saturated heterocycles. The predicted molar refractivity (Wildman–Crippen MR) is 103 cm³/mol. The van der Waals surface area contributed by atoms with Gasteiger partial charge in [0.25, 0.3) is 0 Å². The molecular formula is C21H18O3S. The van der Waals surface area contributed by atoms with Gasteiger partial charge in [0.2, 0.25) is 0 Å². The normalized spacial score (nSPS) is 10.8. The molecule has 3 rings (SSSR count). The minimum atomic E-state index is -0.0347. The van der Waals surface area contributed by atoms with E-state index in [4.69, 9.17) is 9.47 Å². The number of ketones is 1. The van der Waals surface area contributed by atoms with Crippen LogP contribution in [0.1, 0.15) is 15.9 Å². The molecule has 0 amide bonds. The van der Waals surface area contributed by atoms with E-state index in [9.17, 15) is 4.79 Å². The Morgan fingerprint density at radius 2 is 1.72 bits per heavy atom. The van der Waals surface area contributed by atoms with Crippen molar-refractivity contribution in [2.45, 2.75) is 0 Å². The molecule has 0 aliphatic carbocycles. The lowest BCUT2D eigenvalue weighted by Crippen LogP contribution is -1.94. The van der Waals surface area contributed by atoms with Crippen LogP contribution < -0.4 is 9.47 Å². The second-order valence-corrected chi connectivity index (χ2v) is 6.31. The van der Waals surface area contributed by atoms with E-state index in [0.29, 0.717) is 17.1 Å². The highest BCUT2D eigenvalue weighted by Crippen LogP contribution is 2.28. The molecule has 0 saturated carbocycles. The van der Waals surface area contributed by atoms with Crippen LogP contribution in [0.5, 0.6) is 11.5 Å². The van der Waals surface area contributed by atoms with Gasteiger partial charge in [0, 0.05) is 10.4 Å². The molecule has 0 fully saturated rings. The maximum absolute atomic E-state index is 12.4. The SMILES string of the molecule is COc1ccc(C=CC(=O)c2ccc(-c3cccs3)cc2)cc1OC. The number of carbonyl (C=O) groups is 1. The van der Waals surface area contributed by atoms with Gasteiger partial charge < -0.3 is 9.47 Å². The van der Waals surface area contributed by atoms with E-state index in [1.54, 1.807) is 37.7 Å². The van der Waals surface area contributed by atoms with Crippen molar-refractivity contribution in [3.05, 3.63) is 77.2 Å². The molecule has 0 spiro atoms. The van der Waals surface area contributed by atoms with Gasteiger partial charge >= 0.3 is 0 Å². The van der Waals surface area contributed by atoms with Crippen LogP contribution in [-0.4, -0.2) is 20.0 Å². The van der Waals surface area contributed by atoms with Crippen LogP contribution in [0, 0.1) is 0 Å². The van der Waals surface area contributed by atoms with Gasteiger partial charge in [-0.1, -0.05) is 42.5 Å². The lowest BCUT2D eigenvalue weighted by molar-refractivity contribution is 0.104. The molecule has 0 atom stereocenters. The molecular weight excluding hydrogens is 332 g/mol. The van der Waals surface area contributed by atoms with Crippen molar-refractivity contribution in [1.29, 1.82) is 0 Å². The zero-order valence-corrected chi connectivity index (χ0v) is 14.9. The summed E-state index contributed by atoms with van der Waals surface area (Å²) >= 11 is 1.68. The first kappa shape index (κ1) is 17.0. The Morgan fingerprint density at radius 1 is 0.960 bits per heavy atom. The van der Waals surface area contributed by atoms with Crippen molar-refractivity contribution >= 4 is 23.2 Å². The fraction of sp³-hybridized carbons (Fsp3) is 0.0952. The maximum Gasteiger partial charge on any atom is 0.185 e. The summed E-state index contributed by atoms with van der Waals surface area (Å²) in [4.78, 5) is 13.5. The van der Waals surface area contributed by atoms with Crippen LogP contribution in [-0.2, 0) is 0 Å². The number of methoxy groups -OCH3 is 2. The summed E-state index contributed by atoms with van der Waals surface area (Å²) in [7, 11) is 3.18. The Kier molecular flexibility index (Phi) is 5.31. The third-order valence-corrected chi connectivity index (χ3v) is 4.73. The number of allylic oxidation sites excluding steroid dienone is 1. The molecule has 2 aromatic carbocycles. The summed E-state index contributed by atoms with van der Waals surface area (Å²) in [6, 6.07) is 17.3. The van der Waals surface area contributed by atoms with Gasteiger partial charge in [-0.05, 0) is 40.8 Å². The van der Waals surface area contributed by atoms with Gasteiger partial charge in [0.05, 0.1) is 14.2 Å². The van der Waals surface area contributed by atoms with Crippen LogP contribution in [0.3, 0.4) is 0 Å².